The molecule has 2 rings (SSSR count). The Morgan fingerprint density at radius 2 is 2.16 bits per heavy atom. The van der Waals surface area contributed by atoms with Crippen molar-refractivity contribution in [2.75, 3.05) is 12.4 Å². The van der Waals surface area contributed by atoms with Crippen molar-refractivity contribution in [3.63, 3.8) is 0 Å². The van der Waals surface area contributed by atoms with Gasteiger partial charge in [0.25, 0.3) is 5.91 Å². The predicted octanol–water partition coefficient (Wildman–Crippen LogP) is 1.71. The number of nitrogens with one attached hydrogen (secondary N) is 2. The van der Waals surface area contributed by atoms with Gasteiger partial charge in [-0.05, 0) is 37.1 Å². The molecule has 1 aliphatic rings. The van der Waals surface area contributed by atoms with Gasteiger partial charge in [0.15, 0.2) is 0 Å². The van der Waals surface area contributed by atoms with Crippen molar-refractivity contribution in [3.05, 3.63) is 29.6 Å². The summed E-state index contributed by atoms with van der Waals surface area (Å²) < 4.78 is 42.9. The maximum Gasteiger partial charge on any atom is 0.336 e. The van der Waals surface area contributed by atoms with E-state index in [9.17, 15) is 18.0 Å². The molecule has 1 saturated carbocycles. The Morgan fingerprint density at radius 3 is 2.80 bits per heavy atom. The molecule has 138 valence electrons. The van der Waals surface area contributed by atoms with Crippen LogP contribution in [0.2, 0.25) is 0 Å². The molecule has 0 radical (unpaired) electrons. The second-order valence-electron chi connectivity index (χ2n) is 5.52. The number of carbonyl (C=O) groups is 1. The monoisotopic (exact) mass is 360 g/mol. The number of anilines is 1. The fourth-order valence-corrected chi connectivity index (χ4v) is 2.18. The van der Waals surface area contributed by atoms with Crippen LogP contribution in [0.25, 0.3) is 0 Å². The van der Waals surface area contributed by atoms with Crippen LogP contribution in [0.1, 0.15) is 24.8 Å². The van der Waals surface area contributed by atoms with Crippen LogP contribution in [0, 0.1) is 5.82 Å². The SMILES string of the molecule is CO[C@H](C)C(=O)Nc1ccc(F)c([C@H]2C[C@H]2NO/C(N)=N\C(F)F)c1. The average Bonchev–Trinajstić information content (AvgIpc) is 3.32. The molecule has 1 fully saturated rings. The van der Waals surface area contributed by atoms with E-state index in [1.165, 1.54) is 25.3 Å². The molecule has 0 aromatic heterocycles. The quantitative estimate of drug-likeness (QED) is 0.298. The summed E-state index contributed by atoms with van der Waals surface area (Å²) in [6, 6.07) is 3.19. The van der Waals surface area contributed by atoms with Gasteiger partial charge < -0.3 is 20.6 Å². The number of amides is 1. The summed E-state index contributed by atoms with van der Waals surface area (Å²) >= 11 is 0. The highest BCUT2D eigenvalue weighted by Gasteiger charge is 2.41. The van der Waals surface area contributed by atoms with Gasteiger partial charge in [-0.3, -0.25) is 4.79 Å². The molecule has 1 amide bonds. The largest absolute Gasteiger partial charge is 0.372 e. The van der Waals surface area contributed by atoms with Crippen molar-refractivity contribution in [2.45, 2.75) is 38.0 Å². The first-order valence-corrected chi connectivity index (χ1v) is 7.48. The van der Waals surface area contributed by atoms with Crippen LogP contribution >= 0.6 is 0 Å². The number of carbonyl (C=O) groups excluding carboxylic acids is 1. The van der Waals surface area contributed by atoms with Crippen molar-refractivity contribution in [1.82, 2.24) is 5.48 Å². The Hall–Kier alpha value is -2.33. The lowest BCUT2D eigenvalue weighted by molar-refractivity contribution is -0.124. The van der Waals surface area contributed by atoms with Crippen molar-refractivity contribution in [1.29, 1.82) is 0 Å². The summed E-state index contributed by atoms with van der Waals surface area (Å²) in [4.78, 5) is 19.2. The van der Waals surface area contributed by atoms with E-state index in [0.29, 0.717) is 17.7 Å². The average molecular weight is 360 g/mol. The first-order valence-electron chi connectivity index (χ1n) is 7.48. The molecule has 1 aromatic carbocycles. The van der Waals surface area contributed by atoms with Gasteiger partial charge >= 0.3 is 12.6 Å². The zero-order valence-electron chi connectivity index (χ0n) is 13.6. The standard InChI is InChI=1S/C15H19F3N4O3/c1-7(24-2)13(23)20-8-3-4-11(16)9(5-8)10-6-12(10)22-25-15(19)21-14(17)18/h3-5,7,10,12,14,22H,6H2,1-2H3,(H2,19,21)(H,20,23)/t7-,10-,12-/m1/s1. The van der Waals surface area contributed by atoms with Gasteiger partial charge in [0.2, 0.25) is 0 Å². The van der Waals surface area contributed by atoms with Crippen LogP contribution in [0.3, 0.4) is 0 Å². The number of halogens is 3. The molecular formula is C15H19F3N4O3. The lowest BCUT2D eigenvalue weighted by Gasteiger charge is -2.12. The zero-order chi connectivity index (χ0) is 18.6. The van der Waals surface area contributed by atoms with Gasteiger partial charge in [0, 0.05) is 18.7 Å². The summed E-state index contributed by atoms with van der Waals surface area (Å²) in [7, 11) is 1.41. The van der Waals surface area contributed by atoms with Crippen LogP contribution in [0.5, 0.6) is 0 Å². The molecule has 7 nitrogen and oxygen atoms in total. The smallest absolute Gasteiger partial charge is 0.336 e. The van der Waals surface area contributed by atoms with E-state index in [0.717, 1.165) is 0 Å². The van der Waals surface area contributed by atoms with E-state index in [4.69, 9.17) is 15.3 Å². The highest BCUT2D eigenvalue weighted by Crippen LogP contribution is 2.42. The molecule has 1 aliphatic carbocycles. The van der Waals surface area contributed by atoms with E-state index in [1.807, 2.05) is 0 Å². The van der Waals surface area contributed by atoms with Crippen LogP contribution in [0.4, 0.5) is 18.9 Å². The highest BCUT2D eigenvalue weighted by molar-refractivity contribution is 5.94. The number of aliphatic imine (C=N–C) groups is 1. The molecule has 0 spiro atoms. The van der Waals surface area contributed by atoms with Gasteiger partial charge in [-0.25, -0.2) is 4.39 Å². The third kappa shape index (κ3) is 5.33. The fraction of sp³-hybridized carbons (Fsp3) is 0.467. The highest BCUT2D eigenvalue weighted by atomic mass is 19.3. The van der Waals surface area contributed by atoms with Gasteiger partial charge in [-0.2, -0.15) is 13.8 Å². The molecule has 1 aromatic rings. The minimum atomic E-state index is -2.97. The van der Waals surface area contributed by atoms with Crippen LogP contribution in [-0.2, 0) is 14.4 Å². The number of alkyl halides is 2. The fourth-order valence-electron chi connectivity index (χ4n) is 2.18. The maximum absolute atomic E-state index is 14.0. The Labute approximate surface area is 142 Å². The number of hydrogen-bond acceptors (Lipinski definition) is 5. The topological polar surface area (TPSA) is 98.0 Å². The van der Waals surface area contributed by atoms with E-state index >= 15 is 0 Å². The molecule has 0 bridgehead atoms. The van der Waals surface area contributed by atoms with Gasteiger partial charge in [-0.15, -0.1) is 5.48 Å². The van der Waals surface area contributed by atoms with E-state index < -0.39 is 24.5 Å². The number of nitrogens with zero attached hydrogens (tertiary/aromatic N) is 1. The lowest BCUT2D eigenvalue weighted by Crippen LogP contribution is -2.29. The second-order valence-corrected chi connectivity index (χ2v) is 5.52. The van der Waals surface area contributed by atoms with Crippen molar-refractivity contribution in [3.8, 4) is 0 Å². The summed E-state index contributed by atoms with van der Waals surface area (Å²) in [6.07, 6.45) is -0.126. The number of hydrogen-bond donors (Lipinski definition) is 3. The van der Waals surface area contributed by atoms with Crippen LogP contribution < -0.4 is 16.5 Å². The van der Waals surface area contributed by atoms with Crippen LogP contribution in [0.15, 0.2) is 23.2 Å². The molecule has 0 saturated heterocycles. The minimum absolute atomic E-state index is 0.240. The second kappa shape index (κ2) is 8.17. The number of nitrogens with two attached hydrogens (primary N) is 1. The van der Waals surface area contributed by atoms with Crippen LogP contribution in [-0.4, -0.2) is 37.7 Å². The first kappa shape index (κ1) is 19.0. The molecular weight excluding hydrogens is 341 g/mol. The number of methoxy groups -OCH3 is 1. The zero-order valence-corrected chi connectivity index (χ0v) is 13.6. The number of amidine groups is 1. The van der Waals surface area contributed by atoms with Gasteiger partial charge in [0.1, 0.15) is 11.9 Å². The molecule has 4 N–H and O–H groups in total. The predicted molar refractivity (Wildman–Crippen MR) is 84.5 cm³/mol. The van der Waals surface area contributed by atoms with E-state index in [1.54, 1.807) is 6.92 Å². The third-order valence-electron chi connectivity index (χ3n) is 3.72. The van der Waals surface area contributed by atoms with Crippen molar-refractivity contribution < 1.29 is 27.5 Å². The third-order valence-corrected chi connectivity index (χ3v) is 3.72. The molecule has 25 heavy (non-hydrogen) atoms. The molecule has 0 unspecified atom stereocenters. The summed E-state index contributed by atoms with van der Waals surface area (Å²) in [5.41, 5.74) is 8.39. The minimum Gasteiger partial charge on any atom is -0.372 e. The lowest BCUT2D eigenvalue weighted by atomic mass is 10.1. The summed E-state index contributed by atoms with van der Waals surface area (Å²) in [5, 5.41) is 2.62. The Balaban J connectivity index is 1.96. The van der Waals surface area contributed by atoms with Crippen molar-refractivity contribution >= 4 is 17.6 Å². The normalized spacial score (nSPS) is 21.1. The molecule has 10 heteroatoms. The van der Waals surface area contributed by atoms with E-state index in [-0.39, 0.29) is 17.9 Å². The Morgan fingerprint density at radius 1 is 1.44 bits per heavy atom. The number of benzene rings is 1. The number of hydroxylamine groups is 1. The van der Waals surface area contributed by atoms with Crippen molar-refractivity contribution in [2.24, 2.45) is 10.7 Å². The molecule has 0 heterocycles. The Bertz CT molecular complexity index is 657. The summed E-state index contributed by atoms with van der Waals surface area (Å²) in [6.45, 7) is -1.38. The van der Waals surface area contributed by atoms with Gasteiger partial charge in [0.05, 0.1) is 6.04 Å². The maximum atomic E-state index is 14.0. The number of ether oxygens (including phenoxy) is 1. The molecule has 0 aliphatic heterocycles. The molecule has 3 atom stereocenters. The number of rotatable bonds is 7. The Kier molecular flexibility index (Phi) is 6.21. The van der Waals surface area contributed by atoms with E-state index in [2.05, 4.69) is 15.8 Å². The van der Waals surface area contributed by atoms with Gasteiger partial charge in [-0.1, -0.05) is 0 Å². The summed E-state index contributed by atoms with van der Waals surface area (Å²) in [5.74, 6) is -1.04. The first-order chi connectivity index (χ1) is 11.8.